The maximum atomic E-state index is 13.0. The molecule has 0 radical (unpaired) electrons. The van der Waals surface area contributed by atoms with Gasteiger partial charge in [0.15, 0.2) is 11.6 Å². The second-order valence-electron chi connectivity index (χ2n) is 2.77. The minimum absolute atomic E-state index is 0.299. The van der Waals surface area contributed by atoms with Gasteiger partial charge in [0, 0.05) is 13.1 Å². The van der Waals surface area contributed by atoms with Gasteiger partial charge in [0.1, 0.15) is 6.61 Å². The van der Waals surface area contributed by atoms with Crippen LogP contribution in [0.25, 0.3) is 0 Å². The van der Waals surface area contributed by atoms with E-state index in [1.54, 1.807) is 24.3 Å². The maximum Gasteiger partial charge on any atom is 0.165 e. The highest BCUT2D eigenvalue weighted by Gasteiger charge is 1.99. The van der Waals surface area contributed by atoms with Crippen LogP contribution in [-0.4, -0.2) is 19.7 Å². The van der Waals surface area contributed by atoms with Crippen LogP contribution in [0, 0.1) is 5.82 Å². The average Bonchev–Trinajstić information content (AvgIpc) is 2.20. The molecule has 1 N–H and O–H groups in total. The van der Waals surface area contributed by atoms with Crippen molar-refractivity contribution < 1.29 is 9.13 Å². The molecule has 0 saturated heterocycles. The third-order valence-corrected chi connectivity index (χ3v) is 1.66. The van der Waals surface area contributed by atoms with Gasteiger partial charge in [0.25, 0.3) is 0 Å². The quantitative estimate of drug-likeness (QED) is 0.553. The van der Waals surface area contributed by atoms with E-state index in [0.717, 1.165) is 6.54 Å². The molecule has 0 heterocycles. The molecule has 0 aliphatic rings. The van der Waals surface area contributed by atoms with Crippen molar-refractivity contribution in [3.05, 3.63) is 42.7 Å². The van der Waals surface area contributed by atoms with Crippen molar-refractivity contribution in [2.24, 2.45) is 0 Å². The van der Waals surface area contributed by atoms with E-state index in [4.69, 9.17) is 4.74 Å². The highest BCUT2D eigenvalue weighted by molar-refractivity contribution is 5.23. The third-order valence-electron chi connectivity index (χ3n) is 1.66. The van der Waals surface area contributed by atoms with Crippen LogP contribution in [-0.2, 0) is 0 Å². The van der Waals surface area contributed by atoms with Crippen LogP contribution in [0.2, 0.25) is 0 Å². The topological polar surface area (TPSA) is 21.3 Å². The summed E-state index contributed by atoms with van der Waals surface area (Å²) < 4.78 is 18.2. The summed E-state index contributed by atoms with van der Waals surface area (Å²) in [6, 6.07) is 6.38. The van der Waals surface area contributed by atoms with Crippen LogP contribution >= 0.6 is 0 Å². The van der Waals surface area contributed by atoms with Crippen molar-refractivity contribution in [3.8, 4) is 5.75 Å². The first kappa shape index (κ1) is 10.7. The van der Waals surface area contributed by atoms with E-state index in [1.807, 2.05) is 0 Å². The molecule has 0 aliphatic carbocycles. The zero-order chi connectivity index (χ0) is 10.2. The fourth-order valence-corrected chi connectivity index (χ4v) is 0.999. The first-order valence-electron chi connectivity index (χ1n) is 4.53. The summed E-state index contributed by atoms with van der Waals surface area (Å²) in [4.78, 5) is 0. The lowest BCUT2D eigenvalue weighted by atomic mass is 10.3. The average molecular weight is 195 g/mol. The van der Waals surface area contributed by atoms with Crippen molar-refractivity contribution in [2.45, 2.75) is 0 Å². The van der Waals surface area contributed by atoms with Crippen molar-refractivity contribution in [1.29, 1.82) is 0 Å². The minimum Gasteiger partial charge on any atom is -0.489 e. The van der Waals surface area contributed by atoms with E-state index in [9.17, 15) is 4.39 Å². The monoisotopic (exact) mass is 195 g/mol. The fraction of sp³-hybridized carbons (Fsp3) is 0.273. The molecule has 0 unspecified atom stereocenters. The molecule has 2 nitrogen and oxygen atoms in total. The zero-order valence-corrected chi connectivity index (χ0v) is 8.00. The Kier molecular flexibility index (Phi) is 4.72. The van der Waals surface area contributed by atoms with Crippen LogP contribution in [0.1, 0.15) is 0 Å². The summed E-state index contributed by atoms with van der Waals surface area (Å²) in [5.74, 6) is -0.0240. The summed E-state index contributed by atoms with van der Waals surface area (Å²) in [6.45, 7) is 5.44. The standard InChI is InChI=1S/C11H14FNO/c1-2-7-13-8-9-14-11-6-4-3-5-10(11)12/h2-6,13H,1,7-9H2. The lowest BCUT2D eigenvalue weighted by molar-refractivity contribution is 0.301. The molecule has 0 saturated carbocycles. The van der Waals surface area contributed by atoms with Crippen LogP contribution in [0.3, 0.4) is 0 Å². The highest BCUT2D eigenvalue weighted by Crippen LogP contribution is 2.14. The molecule has 1 aromatic rings. The second kappa shape index (κ2) is 6.16. The van der Waals surface area contributed by atoms with Gasteiger partial charge in [-0.3, -0.25) is 0 Å². The van der Waals surface area contributed by atoms with Crippen LogP contribution in [0.4, 0.5) is 4.39 Å². The van der Waals surface area contributed by atoms with Gasteiger partial charge in [-0.1, -0.05) is 18.2 Å². The number of nitrogens with one attached hydrogen (secondary N) is 1. The SMILES string of the molecule is C=CCNCCOc1ccccc1F. The smallest absolute Gasteiger partial charge is 0.165 e. The van der Waals surface area contributed by atoms with Crippen molar-refractivity contribution in [2.75, 3.05) is 19.7 Å². The number of rotatable bonds is 6. The summed E-state index contributed by atoms with van der Waals surface area (Å²) >= 11 is 0. The van der Waals surface area contributed by atoms with Gasteiger partial charge >= 0.3 is 0 Å². The molecule has 3 heteroatoms. The summed E-state index contributed by atoms with van der Waals surface area (Å²) in [5, 5.41) is 3.06. The Morgan fingerprint density at radius 1 is 1.43 bits per heavy atom. The number of benzene rings is 1. The van der Waals surface area contributed by atoms with Gasteiger partial charge in [0.05, 0.1) is 0 Å². The first-order valence-corrected chi connectivity index (χ1v) is 4.53. The van der Waals surface area contributed by atoms with Gasteiger partial charge in [-0.2, -0.15) is 0 Å². The normalized spacial score (nSPS) is 9.79. The highest BCUT2D eigenvalue weighted by atomic mass is 19.1. The predicted molar refractivity (Wildman–Crippen MR) is 55.0 cm³/mol. The number of hydrogen-bond donors (Lipinski definition) is 1. The van der Waals surface area contributed by atoms with E-state index in [-0.39, 0.29) is 5.82 Å². The minimum atomic E-state index is -0.323. The molecule has 0 bridgehead atoms. The molecule has 0 aromatic heterocycles. The summed E-state index contributed by atoms with van der Waals surface area (Å²) in [6.07, 6.45) is 1.77. The Balaban J connectivity index is 2.24. The van der Waals surface area contributed by atoms with Crippen molar-refractivity contribution in [1.82, 2.24) is 5.32 Å². The molecular formula is C11H14FNO. The van der Waals surface area contributed by atoms with E-state index in [1.165, 1.54) is 6.07 Å². The van der Waals surface area contributed by atoms with Gasteiger partial charge in [0.2, 0.25) is 0 Å². The molecule has 0 amide bonds. The second-order valence-corrected chi connectivity index (χ2v) is 2.77. The summed E-state index contributed by atoms with van der Waals surface area (Å²) in [5.41, 5.74) is 0. The Morgan fingerprint density at radius 3 is 2.93 bits per heavy atom. The first-order chi connectivity index (χ1) is 6.84. The molecule has 0 atom stereocenters. The van der Waals surface area contributed by atoms with Crippen molar-refractivity contribution in [3.63, 3.8) is 0 Å². The van der Waals surface area contributed by atoms with Crippen LogP contribution < -0.4 is 10.1 Å². The molecule has 1 rings (SSSR count). The Hall–Kier alpha value is -1.35. The van der Waals surface area contributed by atoms with Gasteiger partial charge in [-0.15, -0.1) is 6.58 Å². The van der Waals surface area contributed by atoms with E-state index in [0.29, 0.717) is 18.9 Å². The third kappa shape index (κ3) is 3.58. The van der Waals surface area contributed by atoms with Gasteiger partial charge in [-0.05, 0) is 12.1 Å². The lowest BCUT2D eigenvalue weighted by Gasteiger charge is -2.06. The zero-order valence-electron chi connectivity index (χ0n) is 8.00. The number of hydrogen-bond acceptors (Lipinski definition) is 2. The van der Waals surface area contributed by atoms with Crippen LogP contribution in [0.15, 0.2) is 36.9 Å². The molecule has 0 fully saturated rings. The number of para-hydroxylation sites is 1. The molecule has 14 heavy (non-hydrogen) atoms. The summed E-state index contributed by atoms with van der Waals surface area (Å²) in [7, 11) is 0. The molecule has 0 aliphatic heterocycles. The Bertz CT molecular complexity index is 288. The molecular weight excluding hydrogens is 181 g/mol. The Morgan fingerprint density at radius 2 is 2.21 bits per heavy atom. The van der Waals surface area contributed by atoms with E-state index in [2.05, 4.69) is 11.9 Å². The largest absolute Gasteiger partial charge is 0.489 e. The lowest BCUT2D eigenvalue weighted by Crippen LogP contribution is -2.21. The molecule has 1 aromatic carbocycles. The fourth-order valence-electron chi connectivity index (χ4n) is 0.999. The van der Waals surface area contributed by atoms with Gasteiger partial charge < -0.3 is 10.1 Å². The van der Waals surface area contributed by atoms with Crippen molar-refractivity contribution >= 4 is 0 Å². The van der Waals surface area contributed by atoms with Gasteiger partial charge in [-0.25, -0.2) is 4.39 Å². The van der Waals surface area contributed by atoms with E-state index >= 15 is 0 Å². The van der Waals surface area contributed by atoms with E-state index < -0.39 is 0 Å². The Labute approximate surface area is 83.4 Å². The van der Waals surface area contributed by atoms with Crippen LogP contribution in [0.5, 0.6) is 5.75 Å². The molecule has 0 spiro atoms. The maximum absolute atomic E-state index is 13.0. The number of ether oxygens (including phenoxy) is 1. The molecule has 76 valence electrons. The predicted octanol–water partition coefficient (Wildman–Crippen LogP) is 1.98. The number of halogens is 1.